The lowest BCUT2D eigenvalue weighted by Gasteiger charge is -1.94. The molecule has 0 bridgehead atoms. The highest BCUT2D eigenvalue weighted by molar-refractivity contribution is 6.41. The van der Waals surface area contributed by atoms with E-state index in [1.54, 1.807) is 6.92 Å². The molecule has 0 unspecified atom stereocenters. The van der Waals surface area contributed by atoms with E-state index in [9.17, 15) is 4.79 Å². The largest absolute Gasteiger partial charge is 0.476 e. The summed E-state index contributed by atoms with van der Waals surface area (Å²) >= 11 is 0. The first-order chi connectivity index (χ1) is 6.65. The van der Waals surface area contributed by atoms with Crippen molar-refractivity contribution in [3.8, 4) is 0 Å². The first-order valence-electron chi connectivity index (χ1n) is 3.68. The van der Waals surface area contributed by atoms with Gasteiger partial charge in [0.05, 0.1) is 0 Å². The summed E-state index contributed by atoms with van der Waals surface area (Å²) in [5.74, 6) is -1.54. The van der Waals surface area contributed by atoms with Crippen molar-refractivity contribution in [2.45, 2.75) is 6.92 Å². The number of anilines is 1. The molecule has 0 saturated carbocycles. The van der Waals surface area contributed by atoms with E-state index in [2.05, 4.69) is 24.7 Å². The predicted octanol–water partition coefficient (Wildman–Crippen LogP) is -0.523. The number of aliphatic carboxylic acids is 1. The minimum absolute atomic E-state index is 0.219. The van der Waals surface area contributed by atoms with Crippen molar-refractivity contribution in [2.75, 3.05) is 12.3 Å². The Bertz CT molecular complexity index is 358. The van der Waals surface area contributed by atoms with Crippen LogP contribution in [0.4, 0.5) is 6.01 Å². The molecule has 1 aromatic heterocycles. The number of nitrogen functional groups attached to an aromatic ring is 1. The molecule has 76 valence electrons. The average Bonchev–Trinajstić information content (AvgIpc) is 2.52. The molecule has 0 aliphatic carbocycles. The second-order valence-electron chi connectivity index (χ2n) is 2.12. The Morgan fingerprint density at radius 1 is 1.79 bits per heavy atom. The molecule has 0 aliphatic rings. The number of oxime groups is 1. The van der Waals surface area contributed by atoms with Crippen LogP contribution < -0.4 is 5.73 Å². The smallest absolute Gasteiger partial charge is 0.362 e. The topological polar surface area (TPSA) is 124 Å². The number of hydrogen-bond acceptors (Lipinski definition) is 7. The summed E-state index contributed by atoms with van der Waals surface area (Å²) in [6.07, 6.45) is 0. The van der Waals surface area contributed by atoms with Gasteiger partial charge in [-0.15, -0.1) is 0 Å². The minimum Gasteiger partial charge on any atom is -0.476 e. The van der Waals surface area contributed by atoms with Gasteiger partial charge < -0.3 is 20.2 Å². The van der Waals surface area contributed by atoms with Gasteiger partial charge in [0.2, 0.25) is 11.5 Å². The van der Waals surface area contributed by atoms with Gasteiger partial charge in [-0.25, -0.2) is 4.79 Å². The number of carboxylic acids is 1. The van der Waals surface area contributed by atoms with Crippen LogP contribution in [0, 0.1) is 0 Å². The van der Waals surface area contributed by atoms with Gasteiger partial charge in [-0.3, -0.25) is 0 Å². The van der Waals surface area contributed by atoms with E-state index in [-0.39, 0.29) is 18.4 Å². The van der Waals surface area contributed by atoms with E-state index in [1.807, 2.05) is 0 Å². The van der Waals surface area contributed by atoms with Crippen LogP contribution >= 0.6 is 0 Å². The van der Waals surface area contributed by atoms with E-state index in [4.69, 9.17) is 10.8 Å². The van der Waals surface area contributed by atoms with E-state index < -0.39 is 11.7 Å². The number of carboxylic acid groups (broad SMARTS) is 1. The highest BCUT2D eigenvalue weighted by Crippen LogP contribution is 2.00. The Morgan fingerprint density at radius 2 is 2.50 bits per heavy atom. The van der Waals surface area contributed by atoms with Crippen molar-refractivity contribution in [1.82, 2.24) is 10.1 Å². The number of rotatable bonds is 4. The van der Waals surface area contributed by atoms with Gasteiger partial charge in [-0.1, -0.05) is 10.3 Å². The normalized spacial score (nSPS) is 11.4. The molecule has 0 fully saturated rings. The fourth-order valence-electron chi connectivity index (χ4n) is 0.636. The summed E-state index contributed by atoms with van der Waals surface area (Å²) in [6, 6.07) is -0.231. The van der Waals surface area contributed by atoms with Crippen LogP contribution in [0.25, 0.3) is 0 Å². The van der Waals surface area contributed by atoms with Crippen LogP contribution in [0.15, 0.2) is 9.68 Å². The Morgan fingerprint density at radius 3 is 2.93 bits per heavy atom. The zero-order valence-electron chi connectivity index (χ0n) is 7.30. The third-order valence-electron chi connectivity index (χ3n) is 1.14. The van der Waals surface area contributed by atoms with Crippen LogP contribution in [0.3, 0.4) is 0 Å². The van der Waals surface area contributed by atoms with Crippen LogP contribution in [-0.4, -0.2) is 33.5 Å². The maximum absolute atomic E-state index is 10.6. The third-order valence-corrected chi connectivity index (χ3v) is 1.14. The number of nitrogens with two attached hydrogens (primary N) is 1. The molecule has 0 radical (unpaired) electrons. The van der Waals surface area contributed by atoms with Crippen molar-refractivity contribution in [1.29, 1.82) is 0 Å². The van der Waals surface area contributed by atoms with Gasteiger partial charge in [-0.05, 0) is 6.92 Å². The van der Waals surface area contributed by atoms with Crippen molar-refractivity contribution in [3.05, 3.63) is 5.82 Å². The Kier molecular flexibility index (Phi) is 3.00. The molecule has 1 heterocycles. The summed E-state index contributed by atoms with van der Waals surface area (Å²) in [5.41, 5.74) is 4.66. The zero-order valence-corrected chi connectivity index (χ0v) is 7.30. The van der Waals surface area contributed by atoms with Crippen LogP contribution in [0.2, 0.25) is 0 Å². The van der Waals surface area contributed by atoms with Crippen molar-refractivity contribution in [2.24, 2.45) is 5.16 Å². The predicted molar refractivity (Wildman–Crippen MR) is 44.5 cm³/mol. The Hall–Kier alpha value is -2.12. The van der Waals surface area contributed by atoms with Gasteiger partial charge in [0.15, 0.2) is 0 Å². The van der Waals surface area contributed by atoms with E-state index in [0.29, 0.717) is 0 Å². The summed E-state index contributed by atoms with van der Waals surface area (Å²) in [6.45, 7) is 1.90. The van der Waals surface area contributed by atoms with Crippen LogP contribution in [0.1, 0.15) is 12.7 Å². The van der Waals surface area contributed by atoms with Crippen molar-refractivity contribution < 1.29 is 19.3 Å². The lowest BCUT2D eigenvalue weighted by molar-refractivity contribution is -0.129. The van der Waals surface area contributed by atoms with Crippen LogP contribution in [-0.2, 0) is 9.63 Å². The maximum atomic E-state index is 10.6. The number of hydrogen-bond donors (Lipinski definition) is 2. The molecule has 8 nitrogen and oxygen atoms in total. The molecule has 14 heavy (non-hydrogen) atoms. The molecule has 1 aromatic rings. The number of carbonyl (C=O) groups is 1. The SMILES string of the molecule is CCON=C(C(=O)O)c1noc(N)n1. The van der Waals surface area contributed by atoms with E-state index in [0.717, 1.165) is 0 Å². The zero-order chi connectivity index (χ0) is 10.6. The highest BCUT2D eigenvalue weighted by Gasteiger charge is 2.19. The van der Waals surface area contributed by atoms with E-state index in [1.165, 1.54) is 0 Å². The first kappa shape index (κ1) is 9.96. The molecule has 0 aliphatic heterocycles. The van der Waals surface area contributed by atoms with Gasteiger partial charge in [-0.2, -0.15) is 4.98 Å². The molecular weight excluding hydrogens is 192 g/mol. The lowest BCUT2D eigenvalue weighted by atomic mass is 10.4. The highest BCUT2D eigenvalue weighted by atomic mass is 16.6. The van der Waals surface area contributed by atoms with Crippen LogP contribution in [0.5, 0.6) is 0 Å². The molecule has 0 amide bonds. The summed E-state index contributed by atoms with van der Waals surface area (Å²) < 4.78 is 4.39. The minimum atomic E-state index is -1.32. The van der Waals surface area contributed by atoms with Crippen molar-refractivity contribution in [3.63, 3.8) is 0 Å². The second kappa shape index (κ2) is 4.21. The van der Waals surface area contributed by atoms with Gasteiger partial charge >= 0.3 is 12.0 Å². The van der Waals surface area contributed by atoms with E-state index >= 15 is 0 Å². The van der Waals surface area contributed by atoms with Crippen molar-refractivity contribution >= 4 is 17.7 Å². The molecule has 0 saturated heterocycles. The molecule has 0 aromatic carbocycles. The molecule has 8 heteroatoms. The van der Waals surface area contributed by atoms with Gasteiger partial charge in [0.25, 0.3) is 0 Å². The number of nitrogens with zero attached hydrogens (tertiary/aromatic N) is 3. The van der Waals surface area contributed by atoms with Gasteiger partial charge in [0, 0.05) is 0 Å². The maximum Gasteiger partial charge on any atom is 0.362 e. The third kappa shape index (κ3) is 2.19. The fourth-order valence-corrected chi connectivity index (χ4v) is 0.636. The van der Waals surface area contributed by atoms with Gasteiger partial charge in [0.1, 0.15) is 6.61 Å². The quantitative estimate of drug-likeness (QED) is 0.494. The molecular formula is C6H8N4O4. The summed E-state index contributed by atoms with van der Waals surface area (Å²) in [4.78, 5) is 18.7. The fraction of sp³-hybridized carbons (Fsp3) is 0.333. The molecule has 0 atom stereocenters. The molecule has 0 spiro atoms. The monoisotopic (exact) mass is 200 g/mol. The number of aromatic nitrogens is 2. The lowest BCUT2D eigenvalue weighted by Crippen LogP contribution is -2.16. The average molecular weight is 200 g/mol. The molecule has 1 rings (SSSR count). The molecule has 3 N–H and O–H groups in total. The summed E-state index contributed by atoms with van der Waals surface area (Å²) in [7, 11) is 0. The first-order valence-corrected chi connectivity index (χ1v) is 3.68. The Balaban J connectivity index is 2.94. The standard InChI is InChI=1S/C6H8N4O4/c1-2-13-9-3(5(11)12)4-8-6(7)14-10-4/h2H2,1H3,(H,11,12)(H2,7,8,10). The Labute approximate surface area is 78.3 Å². The summed E-state index contributed by atoms with van der Waals surface area (Å²) in [5, 5.41) is 15.3. The second-order valence-corrected chi connectivity index (χ2v) is 2.12.